The van der Waals surface area contributed by atoms with E-state index in [-0.39, 0.29) is 0 Å². The molecule has 0 unspecified atom stereocenters. The largest absolute Gasteiger partial charge is 0.366 e. The van der Waals surface area contributed by atoms with E-state index in [0.717, 1.165) is 32.9 Å². The third kappa shape index (κ3) is 1.78. The minimum atomic E-state index is -0.448. The van der Waals surface area contributed by atoms with Crippen molar-refractivity contribution in [2.75, 3.05) is 0 Å². The van der Waals surface area contributed by atoms with Crippen LogP contribution < -0.4 is 5.73 Å². The van der Waals surface area contributed by atoms with Crippen LogP contribution in [0.15, 0.2) is 60.9 Å². The average Bonchev–Trinajstić information content (AvgIpc) is 2.93. The number of fused-ring (bicyclic) bond motifs is 3. The first-order valence-corrected chi connectivity index (χ1v) is 6.99. The zero-order chi connectivity index (χ0) is 15.1. The van der Waals surface area contributed by atoms with Crippen molar-refractivity contribution in [3.8, 4) is 11.1 Å². The Morgan fingerprint density at radius 2 is 1.86 bits per heavy atom. The normalized spacial score (nSPS) is 11.1. The minimum Gasteiger partial charge on any atom is -0.366 e. The second kappa shape index (κ2) is 4.70. The van der Waals surface area contributed by atoms with Crippen LogP contribution in [0.3, 0.4) is 0 Å². The zero-order valence-corrected chi connectivity index (χ0v) is 11.7. The Hall–Kier alpha value is -3.14. The van der Waals surface area contributed by atoms with Crippen molar-refractivity contribution in [3.05, 3.63) is 66.5 Å². The summed E-state index contributed by atoms with van der Waals surface area (Å²) in [5, 5.41) is 2.08. The smallest absolute Gasteiger partial charge is 0.251 e. The molecule has 0 atom stereocenters. The number of rotatable bonds is 2. The highest BCUT2D eigenvalue weighted by Gasteiger charge is 2.17. The number of benzene rings is 2. The van der Waals surface area contributed by atoms with Crippen molar-refractivity contribution in [1.29, 1.82) is 0 Å². The number of pyridine rings is 1. The van der Waals surface area contributed by atoms with Crippen LogP contribution >= 0.6 is 0 Å². The zero-order valence-electron chi connectivity index (χ0n) is 11.7. The second-order valence-corrected chi connectivity index (χ2v) is 5.19. The van der Waals surface area contributed by atoms with Crippen LogP contribution in [0, 0.1) is 0 Å². The predicted molar refractivity (Wildman–Crippen MR) is 87.6 cm³/mol. The minimum absolute atomic E-state index is 0.448. The van der Waals surface area contributed by atoms with Crippen LogP contribution in [0.25, 0.3) is 32.9 Å². The molecule has 0 radical (unpaired) electrons. The van der Waals surface area contributed by atoms with Crippen molar-refractivity contribution < 1.29 is 4.79 Å². The van der Waals surface area contributed by atoms with Gasteiger partial charge >= 0.3 is 0 Å². The summed E-state index contributed by atoms with van der Waals surface area (Å²) in [4.78, 5) is 19.5. The van der Waals surface area contributed by atoms with Gasteiger partial charge in [0, 0.05) is 34.2 Å². The Kier molecular flexibility index (Phi) is 2.69. The van der Waals surface area contributed by atoms with E-state index in [2.05, 4.69) is 9.97 Å². The summed E-state index contributed by atoms with van der Waals surface area (Å²) < 4.78 is 0. The third-order valence-electron chi connectivity index (χ3n) is 3.90. The lowest BCUT2D eigenvalue weighted by atomic mass is 9.97. The van der Waals surface area contributed by atoms with Gasteiger partial charge in [0.2, 0.25) is 0 Å². The van der Waals surface area contributed by atoms with Gasteiger partial charge in [-0.25, -0.2) is 0 Å². The molecule has 2 aromatic carbocycles. The van der Waals surface area contributed by atoms with Crippen molar-refractivity contribution in [1.82, 2.24) is 9.97 Å². The van der Waals surface area contributed by atoms with E-state index in [0.29, 0.717) is 5.56 Å². The SMILES string of the molecule is NC(=O)c1c(-c2cccnc2)ccc2c1[nH]c1ccccc12. The molecular weight excluding hydrogens is 274 g/mol. The number of amides is 1. The molecule has 0 saturated heterocycles. The van der Waals surface area contributed by atoms with Crippen LogP contribution in [-0.4, -0.2) is 15.9 Å². The lowest BCUT2D eigenvalue weighted by Crippen LogP contribution is -2.13. The lowest BCUT2D eigenvalue weighted by Gasteiger charge is -2.08. The van der Waals surface area contributed by atoms with E-state index in [1.807, 2.05) is 48.5 Å². The Morgan fingerprint density at radius 1 is 1.00 bits per heavy atom. The third-order valence-corrected chi connectivity index (χ3v) is 3.90. The highest BCUT2D eigenvalue weighted by Crippen LogP contribution is 2.33. The van der Waals surface area contributed by atoms with Crippen molar-refractivity contribution in [2.45, 2.75) is 0 Å². The summed E-state index contributed by atoms with van der Waals surface area (Å²) in [6, 6.07) is 15.7. The Morgan fingerprint density at radius 3 is 2.64 bits per heavy atom. The summed E-state index contributed by atoms with van der Waals surface area (Å²) in [7, 11) is 0. The fraction of sp³-hybridized carbons (Fsp3) is 0. The molecule has 4 aromatic rings. The van der Waals surface area contributed by atoms with Crippen LogP contribution in [0.2, 0.25) is 0 Å². The van der Waals surface area contributed by atoms with E-state index < -0.39 is 5.91 Å². The molecule has 0 saturated carbocycles. The number of carbonyl (C=O) groups is 1. The first-order valence-electron chi connectivity index (χ1n) is 6.99. The first-order chi connectivity index (χ1) is 10.8. The van der Waals surface area contributed by atoms with Crippen LogP contribution in [0.5, 0.6) is 0 Å². The summed E-state index contributed by atoms with van der Waals surface area (Å²) in [6.07, 6.45) is 3.44. The molecular formula is C18H13N3O. The molecule has 0 aliphatic heterocycles. The number of aromatic amines is 1. The maximum atomic E-state index is 12.1. The quantitative estimate of drug-likeness (QED) is 0.592. The van der Waals surface area contributed by atoms with Gasteiger partial charge in [-0.1, -0.05) is 36.4 Å². The number of hydrogen-bond acceptors (Lipinski definition) is 2. The second-order valence-electron chi connectivity index (χ2n) is 5.19. The lowest BCUT2D eigenvalue weighted by molar-refractivity contribution is 0.100. The highest BCUT2D eigenvalue weighted by molar-refractivity contribution is 6.17. The summed E-state index contributed by atoms with van der Waals surface area (Å²) in [5.41, 5.74) is 9.59. The van der Waals surface area contributed by atoms with Gasteiger partial charge < -0.3 is 10.7 Å². The summed E-state index contributed by atoms with van der Waals surface area (Å²) >= 11 is 0. The average molecular weight is 287 g/mol. The summed E-state index contributed by atoms with van der Waals surface area (Å²) in [5.74, 6) is -0.448. The Labute approximate surface area is 126 Å². The topological polar surface area (TPSA) is 71.8 Å². The van der Waals surface area contributed by atoms with Gasteiger partial charge in [0.05, 0.1) is 11.1 Å². The molecule has 4 heteroatoms. The van der Waals surface area contributed by atoms with E-state index in [9.17, 15) is 4.79 Å². The fourth-order valence-electron chi connectivity index (χ4n) is 2.94. The molecule has 22 heavy (non-hydrogen) atoms. The van der Waals surface area contributed by atoms with E-state index >= 15 is 0 Å². The number of aromatic nitrogens is 2. The standard InChI is InChI=1S/C18H13N3O/c19-18(22)16-12(11-4-3-9-20-10-11)7-8-14-13-5-1-2-6-15(13)21-17(14)16/h1-10,21H,(H2,19,22). The molecule has 1 amide bonds. The van der Waals surface area contributed by atoms with Crippen LogP contribution in [-0.2, 0) is 0 Å². The number of nitrogens with zero attached hydrogens (tertiary/aromatic N) is 1. The maximum absolute atomic E-state index is 12.1. The molecule has 2 aromatic heterocycles. The van der Waals surface area contributed by atoms with Crippen LogP contribution in [0.4, 0.5) is 0 Å². The number of carbonyl (C=O) groups excluding carboxylic acids is 1. The highest BCUT2D eigenvalue weighted by atomic mass is 16.1. The van der Waals surface area contributed by atoms with Gasteiger partial charge in [0.25, 0.3) is 5.91 Å². The van der Waals surface area contributed by atoms with Gasteiger partial charge in [-0.05, 0) is 17.7 Å². The molecule has 106 valence electrons. The van der Waals surface area contributed by atoms with Crippen molar-refractivity contribution in [3.63, 3.8) is 0 Å². The van der Waals surface area contributed by atoms with Gasteiger partial charge in [-0.3, -0.25) is 9.78 Å². The molecule has 0 spiro atoms. The van der Waals surface area contributed by atoms with Crippen LogP contribution in [0.1, 0.15) is 10.4 Å². The number of para-hydroxylation sites is 1. The maximum Gasteiger partial charge on any atom is 0.251 e. The van der Waals surface area contributed by atoms with E-state index in [1.165, 1.54) is 0 Å². The number of H-pyrrole nitrogens is 1. The molecule has 4 rings (SSSR count). The number of nitrogens with two attached hydrogens (primary N) is 1. The molecule has 0 aliphatic carbocycles. The predicted octanol–water partition coefficient (Wildman–Crippen LogP) is 3.48. The first kappa shape index (κ1) is 12.6. The number of hydrogen-bond donors (Lipinski definition) is 2. The number of nitrogens with one attached hydrogen (secondary N) is 1. The van der Waals surface area contributed by atoms with E-state index in [1.54, 1.807) is 12.4 Å². The van der Waals surface area contributed by atoms with Crippen molar-refractivity contribution >= 4 is 27.7 Å². The molecule has 0 bridgehead atoms. The monoisotopic (exact) mass is 287 g/mol. The van der Waals surface area contributed by atoms with Gasteiger partial charge in [-0.2, -0.15) is 0 Å². The van der Waals surface area contributed by atoms with E-state index in [4.69, 9.17) is 5.73 Å². The molecule has 3 N–H and O–H groups in total. The fourth-order valence-corrected chi connectivity index (χ4v) is 2.94. The molecule has 4 nitrogen and oxygen atoms in total. The molecule has 0 aliphatic rings. The molecule has 0 fully saturated rings. The van der Waals surface area contributed by atoms with Gasteiger partial charge in [0.1, 0.15) is 0 Å². The van der Waals surface area contributed by atoms with Crippen molar-refractivity contribution in [2.24, 2.45) is 5.73 Å². The number of primary amides is 1. The van der Waals surface area contributed by atoms with Gasteiger partial charge in [0.15, 0.2) is 0 Å². The van der Waals surface area contributed by atoms with Gasteiger partial charge in [-0.15, -0.1) is 0 Å². The summed E-state index contributed by atoms with van der Waals surface area (Å²) in [6.45, 7) is 0. The Balaban J connectivity index is 2.13. The Bertz CT molecular complexity index is 1000. The molecule has 2 heterocycles.